The van der Waals surface area contributed by atoms with E-state index >= 15 is 0 Å². The predicted octanol–water partition coefficient (Wildman–Crippen LogP) is 6.37. The largest absolute Gasteiger partial charge is 0.493 e. The molecule has 1 aliphatic heterocycles. The van der Waals surface area contributed by atoms with E-state index in [1.54, 1.807) is 14.2 Å². The highest BCUT2D eigenvalue weighted by molar-refractivity contribution is 7.99. The zero-order chi connectivity index (χ0) is 19.5. The molecule has 3 aromatic rings. The Morgan fingerprint density at radius 2 is 1.64 bits per heavy atom. The number of methoxy groups -OCH3 is 2. The van der Waals surface area contributed by atoms with Crippen molar-refractivity contribution < 1.29 is 9.47 Å². The van der Waals surface area contributed by atoms with Gasteiger partial charge >= 0.3 is 0 Å². The van der Waals surface area contributed by atoms with Gasteiger partial charge in [-0.2, -0.15) is 0 Å². The Labute approximate surface area is 170 Å². The fourth-order valence-corrected chi connectivity index (χ4v) is 4.60. The van der Waals surface area contributed by atoms with E-state index in [0.29, 0.717) is 0 Å². The van der Waals surface area contributed by atoms with E-state index in [4.69, 9.17) is 14.5 Å². The van der Waals surface area contributed by atoms with E-state index in [-0.39, 0.29) is 5.25 Å². The van der Waals surface area contributed by atoms with Gasteiger partial charge in [-0.05, 0) is 42.3 Å². The Morgan fingerprint density at radius 3 is 2.39 bits per heavy atom. The summed E-state index contributed by atoms with van der Waals surface area (Å²) < 4.78 is 10.9. The number of benzene rings is 3. The molecule has 0 radical (unpaired) electrons. The summed E-state index contributed by atoms with van der Waals surface area (Å²) in [5.41, 5.74) is 5.78. The topological polar surface area (TPSA) is 30.8 Å². The third kappa shape index (κ3) is 3.78. The van der Waals surface area contributed by atoms with Crippen LogP contribution in [0.2, 0.25) is 0 Å². The highest BCUT2D eigenvalue weighted by Gasteiger charge is 2.23. The molecule has 0 fully saturated rings. The number of aryl methyl sites for hydroxylation is 1. The van der Waals surface area contributed by atoms with Gasteiger partial charge in [-0.15, -0.1) is 11.8 Å². The smallest absolute Gasteiger partial charge is 0.161 e. The molecule has 0 aromatic heterocycles. The van der Waals surface area contributed by atoms with Crippen molar-refractivity contribution in [1.82, 2.24) is 0 Å². The van der Waals surface area contributed by atoms with E-state index in [9.17, 15) is 0 Å². The summed E-state index contributed by atoms with van der Waals surface area (Å²) in [5.74, 6) is 1.50. The van der Waals surface area contributed by atoms with Gasteiger partial charge < -0.3 is 9.47 Å². The minimum Gasteiger partial charge on any atom is -0.493 e. The lowest BCUT2D eigenvalue weighted by Gasteiger charge is -2.18. The normalized spacial score (nSPS) is 16.0. The third-order valence-corrected chi connectivity index (χ3v) is 6.26. The van der Waals surface area contributed by atoms with Crippen LogP contribution in [-0.2, 0) is 0 Å². The van der Waals surface area contributed by atoms with Gasteiger partial charge in [0.1, 0.15) is 0 Å². The molecule has 142 valence electrons. The molecule has 0 saturated heterocycles. The Bertz CT molecular complexity index is 1010. The molecule has 0 N–H and O–H groups in total. The zero-order valence-corrected chi connectivity index (χ0v) is 17.1. The average Bonchev–Trinajstić information content (AvgIpc) is 2.93. The summed E-state index contributed by atoms with van der Waals surface area (Å²) in [6.45, 7) is 2.11. The monoisotopic (exact) mass is 389 g/mol. The van der Waals surface area contributed by atoms with Crippen LogP contribution >= 0.6 is 11.8 Å². The number of hydrogen-bond acceptors (Lipinski definition) is 4. The first kappa shape index (κ1) is 18.6. The van der Waals surface area contributed by atoms with Gasteiger partial charge in [0.15, 0.2) is 11.5 Å². The number of para-hydroxylation sites is 1. The third-order valence-electron chi connectivity index (χ3n) is 4.93. The minimum absolute atomic E-state index is 0.239. The lowest BCUT2D eigenvalue weighted by Crippen LogP contribution is -2.06. The van der Waals surface area contributed by atoms with Crippen LogP contribution < -0.4 is 9.47 Å². The molecule has 3 aromatic carbocycles. The summed E-state index contributed by atoms with van der Waals surface area (Å²) in [5, 5.41) is 0.239. The molecule has 4 heteroatoms. The molecule has 0 spiro atoms. The van der Waals surface area contributed by atoms with Gasteiger partial charge in [-0.25, -0.2) is 0 Å². The molecule has 3 nitrogen and oxygen atoms in total. The molecule has 1 atom stereocenters. The molecule has 0 saturated carbocycles. The number of hydrogen-bond donors (Lipinski definition) is 0. The number of fused-ring (bicyclic) bond motifs is 1. The Hall–Kier alpha value is -2.72. The van der Waals surface area contributed by atoms with Crippen LogP contribution in [0, 0.1) is 6.92 Å². The van der Waals surface area contributed by atoms with Crippen LogP contribution in [0.5, 0.6) is 11.5 Å². The molecular weight excluding hydrogens is 366 g/mol. The molecule has 1 heterocycles. The summed E-state index contributed by atoms with van der Waals surface area (Å²) >= 11 is 1.85. The Balaban J connectivity index is 1.77. The molecule has 0 aliphatic carbocycles. The zero-order valence-electron chi connectivity index (χ0n) is 16.3. The molecule has 0 bridgehead atoms. The van der Waals surface area contributed by atoms with E-state index in [2.05, 4.69) is 61.5 Å². The lowest BCUT2D eigenvalue weighted by atomic mass is 10.00. The second kappa shape index (κ2) is 8.11. The maximum Gasteiger partial charge on any atom is 0.161 e. The van der Waals surface area contributed by atoms with Crippen LogP contribution in [-0.4, -0.2) is 19.9 Å². The van der Waals surface area contributed by atoms with Gasteiger partial charge in [0.05, 0.1) is 19.9 Å². The van der Waals surface area contributed by atoms with Gasteiger partial charge in [0.2, 0.25) is 0 Å². The van der Waals surface area contributed by atoms with Crippen molar-refractivity contribution >= 4 is 23.2 Å². The maximum atomic E-state index is 5.53. The molecular formula is C24H23NO2S. The highest BCUT2D eigenvalue weighted by Crippen LogP contribution is 2.46. The molecule has 1 aliphatic rings. The lowest BCUT2D eigenvalue weighted by molar-refractivity contribution is 0.354. The molecule has 0 unspecified atom stereocenters. The SMILES string of the molecule is COc1ccc([C@H]2CC(c3ccc(C)cc3)=Nc3ccccc3S2)cc1OC. The summed E-state index contributed by atoms with van der Waals surface area (Å²) in [6, 6.07) is 23.2. The first-order valence-electron chi connectivity index (χ1n) is 9.30. The summed E-state index contributed by atoms with van der Waals surface area (Å²) in [7, 11) is 3.34. The minimum atomic E-state index is 0.239. The summed E-state index contributed by atoms with van der Waals surface area (Å²) in [6.07, 6.45) is 0.845. The fourth-order valence-electron chi connectivity index (χ4n) is 3.38. The Kier molecular flexibility index (Phi) is 5.40. The standard InChI is InChI=1S/C24H23NO2S/c1-16-8-10-17(11-9-16)20-15-24(28-23-7-5-4-6-19(23)25-20)18-12-13-21(26-2)22(14-18)27-3/h4-14,24H,15H2,1-3H3/t24-/m1/s1. The van der Waals surface area contributed by atoms with Gasteiger partial charge in [0, 0.05) is 22.3 Å². The van der Waals surface area contributed by atoms with Gasteiger partial charge in [0.25, 0.3) is 0 Å². The highest BCUT2D eigenvalue weighted by atomic mass is 32.2. The average molecular weight is 390 g/mol. The van der Waals surface area contributed by atoms with Crippen molar-refractivity contribution in [3.63, 3.8) is 0 Å². The van der Waals surface area contributed by atoms with Crippen LogP contribution in [0.1, 0.15) is 28.4 Å². The maximum absolute atomic E-state index is 5.53. The van der Waals surface area contributed by atoms with E-state index in [0.717, 1.165) is 29.3 Å². The van der Waals surface area contributed by atoms with Crippen LogP contribution in [0.4, 0.5) is 5.69 Å². The first-order valence-corrected chi connectivity index (χ1v) is 10.2. The predicted molar refractivity (Wildman–Crippen MR) is 117 cm³/mol. The van der Waals surface area contributed by atoms with Crippen molar-refractivity contribution in [3.8, 4) is 11.5 Å². The number of nitrogens with zero attached hydrogens (tertiary/aromatic N) is 1. The second-order valence-corrected chi connectivity index (χ2v) is 8.06. The first-order chi connectivity index (χ1) is 13.7. The van der Waals surface area contributed by atoms with E-state index in [1.807, 2.05) is 23.9 Å². The van der Waals surface area contributed by atoms with Crippen molar-refractivity contribution in [1.29, 1.82) is 0 Å². The molecule has 28 heavy (non-hydrogen) atoms. The van der Waals surface area contributed by atoms with Crippen LogP contribution in [0.3, 0.4) is 0 Å². The number of rotatable bonds is 4. The quantitative estimate of drug-likeness (QED) is 0.519. The summed E-state index contributed by atoms with van der Waals surface area (Å²) in [4.78, 5) is 6.23. The van der Waals surface area contributed by atoms with Crippen molar-refractivity contribution in [2.24, 2.45) is 4.99 Å². The van der Waals surface area contributed by atoms with Crippen molar-refractivity contribution in [3.05, 3.63) is 83.4 Å². The number of thioether (sulfide) groups is 1. The Morgan fingerprint density at radius 1 is 0.893 bits per heavy atom. The number of aliphatic imine (C=N–C) groups is 1. The van der Waals surface area contributed by atoms with E-state index < -0.39 is 0 Å². The molecule has 4 rings (SSSR count). The van der Waals surface area contributed by atoms with Crippen LogP contribution in [0.25, 0.3) is 0 Å². The molecule has 0 amide bonds. The van der Waals surface area contributed by atoms with Gasteiger partial charge in [-0.3, -0.25) is 4.99 Å². The second-order valence-electron chi connectivity index (χ2n) is 6.82. The van der Waals surface area contributed by atoms with Crippen molar-refractivity contribution in [2.75, 3.05) is 14.2 Å². The van der Waals surface area contributed by atoms with Crippen molar-refractivity contribution in [2.45, 2.75) is 23.5 Å². The van der Waals surface area contributed by atoms with Gasteiger partial charge in [-0.1, -0.05) is 48.0 Å². The number of ether oxygens (including phenoxy) is 2. The van der Waals surface area contributed by atoms with Crippen LogP contribution in [0.15, 0.2) is 76.6 Å². The van der Waals surface area contributed by atoms with E-state index in [1.165, 1.54) is 21.6 Å². The fraction of sp³-hybridized carbons (Fsp3) is 0.208.